The van der Waals surface area contributed by atoms with Gasteiger partial charge in [0.15, 0.2) is 4.84 Å². The predicted molar refractivity (Wildman–Crippen MR) is 80.7 cm³/mol. The van der Waals surface area contributed by atoms with Gasteiger partial charge in [-0.2, -0.15) is 0 Å². The number of hydrogen-bond acceptors (Lipinski definition) is 3. The first-order valence-corrected chi connectivity index (χ1v) is 8.41. The van der Waals surface area contributed by atoms with Crippen LogP contribution in [-0.2, 0) is 14.8 Å². The van der Waals surface area contributed by atoms with E-state index in [1.54, 1.807) is 0 Å². The van der Waals surface area contributed by atoms with Gasteiger partial charge in [-0.25, -0.2) is 13.1 Å². The molecule has 1 aromatic rings. The minimum atomic E-state index is -3.51. The summed E-state index contributed by atoms with van der Waals surface area (Å²) in [5, 5.41) is 2.45. The number of nitrogens with one attached hydrogen (secondary N) is 2. The molecule has 0 saturated heterocycles. The second kappa shape index (κ2) is 7.83. The summed E-state index contributed by atoms with van der Waals surface area (Å²) < 4.78 is 26.3. The molecule has 5 nitrogen and oxygen atoms in total. The number of halogens is 2. The van der Waals surface area contributed by atoms with E-state index < -0.39 is 20.8 Å². The van der Waals surface area contributed by atoms with Gasteiger partial charge in [-0.3, -0.25) is 4.79 Å². The van der Waals surface area contributed by atoms with Gasteiger partial charge in [-0.15, -0.1) is 0 Å². The van der Waals surface area contributed by atoms with Crippen molar-refractivity contribution in [1.82, 2.24) is 4.72 Å². The molecule has 0 spiro atoms. The number of sulfonamides is 1. The molecule has 20 heavy (non-hydrogen) atoms. The molecule has 8 heteroatoms. The van der Waals surface area contributed by atoms with Crippen LogP contribution in [0.25, 0.3) is 0 Å². The summed E-state index contributed by atoms with van der Waals surface area (Å²) in [6.07, 6.45) is 1.69. The van der Waals surface area contributed by atoms with Crippen molar-refractivity contribution < 1.29 is 13.2 Å². The maximum atomic E-state index is 11.9. The van der Waals surface area contributed by atoms with E-state index in [0.717, 1.165) is 12.8 Å². The number of benzene rings is 1. The van der Waals surface area contributed by atoms with E-state index in [0.29, 0.717) is 12.2 Å². The number of anilines is 1. The van der Waals surface area contributed by atoms with Gasteiger partial charge in [-0.1, -0.05) is 36.5 Å². The summed E-state index contributed by atoms with van der Waals surface area (Å²) in [5.41, 5.74) is 0.425. The molecule has 0 saturated carbocycles. The van der Waals surface area contributed by atoms with Gasteiger partial charge < -0.3 is 5.32 Å². The Bertz CT molecular complexity index is 544. The molecule has 1 aromatic carbocycles. The normalized spacial score (nSPS) is 11.6. The van der Waals surface area contributed by atoms with E-state index in [-0.39, 0.29) is 4.90 Å². The topological polar surface area (TPSA) is 75.3 Å². The van der Waals surface area contributed by atoms with E-state index in [4.69, 9.17) is 23.2 Å². The minimum Gasteiger partial charge on any atom is -0.324 e. The second-order valence-corrected chi connectivity index (χ2v) is 6.93. The third kappa shape index (κ3) is 5.28. The van der Waals surface area contributed by atoms with E-state index in [1.807, 2.05) is 6.92 Å². The van der Waals surface area contributed by atoms with Gasteiger partial charge >= 0.3 is 0 Å². The Balaban J connectivity index is 2.73. The average Bonchev–Trinajstić information content (AvgIpc) is 2.39. The molecule has 2 N–H and O–H groups in total. The van der Waals surface area contributed by atoms with Crippen molar-refractivity contribution in [1.29, 1.82) is 0 Å². The van der Waals surface area contributed by atoms with Crippen LogP contribution >= 0.6 is 23.2 Å². The maximum Gasteiger partial charge on any atom is 0.257 e. The molecule has 0 aromatic heterocycles. The van der Waals surface area contributed by atoms with Crippen LogP contribution in [0.4, 0.5) is 5.69 Å². The lowest BCUT2D eigenvalue weighted by Gasteiger charge is -2.08. The van der Waals surface area contributed by atoms with Crippen molar-refractivity contribution >= 4 is 44.8 Å². The predicted octanol–water partition coefficient (Wildman–Crippen LogP) is 2.51. The maximum absolute atomic E-state index is 11.9. The SMILES string of the molecule is CCCCNS(=O)(=O)c1ccc(NC(=O)C(Cl)Cl)cc1. The number of amides is 1. The number of hydrogen-bond donors (Lipinski definition) is 2. The third-order valence-corrected chi connectivity index (χ3v) is 4.33. The smallest absolute Gasteiger partial charge is 0.257 e. The highest BCUT2D eigenvalue weighted by atomic mass is 35.5. The molecule has 0 heterocycles. The molecule has 0 atom stereocenters. The van der Waals surface area contributed by atoms with Crippen LogP contribution in [0, 0.1) is 0 Å². The van der Waals surface area contributed by atoms with Crippen LogP contribution in [0.5, 0.6) is 0 Å². The van der Waals surface area contributed by atoms with Gasteiger partial charge in [-0.05, 0) is 30.7 Å². The van der Waals surface area contributed by atoms with Gasteiger partial charge in [0.1, 0.15) is 0 Å². The number of carbonyl (C=O) groups excluding carboxylic acids is 1. The second-order valence-electron chi connectivity index (χ2n) is 4.07. The van der Waals surface area contributed by atoms with Crippen molar-refractivity contribution in [2.45, 2.75) is 29.5 Å². The third-order valence-electron chi connectivity index (χ3n) is 2.45. The summed E-state index contributed by atoms with van der Waals surface area (Å²) >= 11 is 10.8. The zero-order chi connectivity index (χ0) is 15.2. The van der Waals surface area contributed by atoms with Crippen LogP contribution in [0.15, 0.2) is 29.2 Å². The number of carbonyl (C=O) groups is 1. The monoisotopic (exact) mass is 338 g/mol. The van der Waals surface area contributed by atoms with Crippen molar-refractivity contribution in [2.24, 2.45) is 0 Å². The Morgan fingerprint density at radius 3 is 2.35 bits per heavy atom. The molecule has 0 aliphatic rings. The molecule has 0 unspecified atom stereocenters. The van der Waals surface area contributed by atoms with E-state index in [2.05, 4.69) is 10.0 Å². The van der Waals surface area contributed by atoms with Crippen molar-refractivity contribution in [3.63, 3.8) is 0 Å². The Labute approximate surface area is 128 Å². The molecule has 0 aliphatic heterocycles. The van der Waals surface area contributed by atoms with Crippen LogP contribution in [-0.4, -0.2) is 25.7 Å². The van der Waals surface area contributed by atoms with E-state index in [9.17, 15) is 13.2 Å². The van der Waals surface area contributed by atoms with Gasteiger partial charge in [0.05, 0.1) is 4.90 Å². The lowest BCUT2D eigenvalue weighted by Crippen LogP contribution is -2.24. The number of unbranched alkanes of at least 4 members (excludes halogenated alkanes) is 1. The van der Waals surface area contributed by atoms with Crippen molar-refractivity contribution in [3.05, 3.63) is 24.3 Å². The molecular weight excluding hydrogens is 323 g/mol. The summed E-state index contributed by atoms with van der Waals surface area (Å²) in [6.45, 7) is 2.38. The van der Waals surface area contributed by atoms with Crippen LogP contribution in [0.2, 0.25) is 0 Å². The zero-order valence-electron chi connectivity index (χ0n) is 10.9. The first kappa shape index (κ1) is 17.2. The Morgan fingerprint density at radius 2 is 1.85 bits per heavy atom. The lowest BCUT2D eigenvalue weighted by atomic mass is 10.3. The van der Waals surface area contributed by atoms with Crippen LogP contribution in [0.3, 0.4) is 0 Å². The Kier molecular flexibility index (Phi) is 6.75. The Hall–Kier alpha value is -0.820. The quantitative estimate of drug-likeness (QED) is 0.592. The van der Waals surface area contributed by atoms with Crippen LogP contribution < -0.4 is 10.0 Å². The van der Waals surface area contributed by atoms with E-state index >= 15 is 0 Å². The summed E-state index contributed by atoms with van der Waals surface area (Å²) in [4.78, 5) is 10.2. The van der Waals surface area contributed by atoms with E-state index in [1.165, 1.54) is 24.3 Å². The first-order valence-electron chi connectivity index (χ1n) is 6.05. The molecule has 0 fully saturated rings. The highest BCUT2D eigenvalue weighted by Gasteiger charge is 2.14. The fourth-order valence-electron chi connectivity index (χ4n) is 1.38. The fourth-order valence-corrected chi connectivity index (χ4v) is 2.56. The Morgan fingerprint density at radius 1 is 1.25 bits per heavy atom. The summed E-state index contributed by atoms with van der Waals surface area (Å²) in [5.74, 6) is -0.565. The molecule has 1 amide bonds. The lowest BCUT2D eigenvalue weighted by molar-refractivity contribution is -0.114. The zero-order valence-corrected chi connectivity index (χ0v) is 13.2. The van der Waals surface area contributed by atoms with Crippen molar-refractivity contribution in [2.75, 3.05) is 11.9 Å². The number of rotatable bonds is 7. The van der Waals surface area contributed by atoms with Gasteiger partial charge in [0.2, 0.25) is 10.0 Å². The standard InChI is InChI=1S/C12H16Cl2N2O3S/c1-2-3-8-15-20(18,19)10-6-4-9(5-7-10)16-12(17)11(13)14/h4-7,11,15H,2-3,8H2,1H3,(H,16,17). The molecule has 1 rings (SSSR count). The molecule has 112 valence electrons. The molecule has 0 aliphatic carbocycles. The van der Waals surface area contributed by atoms with Crippen molar-refractivity contribution in [3.8, 4) is 0 Å². The minimum absolute atomic E-state index is 0.139. The highest BCUT2D eigenvalue weighted by Crippen LogP contribution is 2.15. The summed E-state index contributed by atoms with van der Waals surface area (Å²) in [7, 11) is -3.51. The molecule has 0 radical (unpaired) electrons. The largest absolute Gasteiger partial charge is 0.324 e. The first-order chi connectivity index (χ1) is 9.36. The average molecular weight is 339 g/mol. The van der Waals surface area contributed by atoms with Crippen LogP contribution in [0.1, 0.15) is 19.8 Å². The number of alkyl halides is 2. The van der Waals surface area contributed by atoms with Gasteiger partial charge in [0, 0.05) is 12.2 Å². The molecule has 0 bridgehead atoms. The summed E-state index contributed by atoms with van der Waals surface area (Å²) in [6, 6.07) is 5.76. The highest BCUT2D eigenvalue weighted by molar-refractivity contribution is 7.89. The fraction of sp³-hybridized carbons (Fsp3) is 0.417. The van der Waals surface area contributed by atoms with Gasteiger partial charge in [0.25, 0.3) is 5.91 Å². The molecular formula is C12H16Cl2N2O3S.